The van der Waals surface area contributed by atoms with Gasteiger partial charge in [-0.2, -0.15) is 0 Å². The van der Waals surface area contributed by atoms with Gasteiger partial charge in [0.05, 0.1) is 7.11 Å². The van der Waals surface area contributed by atoms with E-state index in [2.05, 4.69) is 21.9 Å². The predicted molar refractivity (Wildman–Crippen MR) is 62.3 cm³/mol. The molecule has 1 amide bonds. The van der Waals surface area contributed by atoms with Gasteiger partial charge in [-0.1, -0.05) is 13.3 Å². The van der Waals surface area contributed by atoms with Crippen molar-refractivity contribution in [2.75, 3.05) is 20.2 Å². The summed E-state index contributed by atoms with van der Waals surface area (Å²) in [5.74, 6) is 0.719. The summed E-state index contributed by atoms with van der Waals surface area (Å²) in [6, 6.07) is 1.06. The molecule has 4 nitrogen and oxygen atoms in total. The SMILES string of the molecule is CCC1CC(NC(=O)OC)CN(C2CC2)C1. The summed E-state index contributed by atoms with van der Waals surface area (Å²) in [5, 5.41) is 2.94. The minimum atomic E-state index is -0.294. The van der Waals surface area contributed by atoms with Gasteiger partial charge in [-0.05, 0) is 25.2 Å². The second kappa shape index (κ2) is 5.04. The molecule has 0 radical (unpaired) electrons. The molecule has 0 spiro atoms. The van der Waals surface area contributed by atoms with Crippen LogP contribution in [-0.2, 0) is 4.74 Å². The number of nitrogens with zero attached hydrogens (tertiary/aromatic N) is 1. The Kier molecular flexibility index (Phi) is 3.69. The molecule has 92 valence electrons. The fourth-order valence-corrected chi connectivity index (χ4v) is 2.60. The fraction of sp³-hybridized carbons (Fsp3) is 0.917. The largest absolute Gasteiger partial charge is 0.453 e. The number of likely N-dealkylation sites (tertiary alicyclic amines) is 1. The molecule has 0 aromatic carbocycles. The highest BCUT2D eigenvalue weighted by Gasteiger charge is 2.36. The highest BCUT2D eigenvalue weighted by Crippen LogP contribution is 2.31. The Morgan fingerprint density at radius 1 is 1.44 bits per heavy atom. The first-order valence-electron chi connectivity index (χ1n) is 6.31. The third-order valence-corrected chi connectivity index (χ3v) is 3.71. The minimum Gasteiger partial charge on any atom is -0.453 e. The molecule has 1 saturated carbocycles. The van der Waals surface area contributed by atoms with Gasteiger partial charge in [0, 0.05) is 25.2 Å². The van der Waals surface area contributed by atoms with Crippen LogP contribution >= 0.6 is 0 Å². The van der Waals surface area contributed by atoms with Crippen molar-refractivity contribution in [1.82, 2.24) is 10.2 Å². The number of rotatable bonds is 3. The van der Waals surface area contributed by atoms with Crippen LogP contribution in [0.4, 0.5) is 4.79 Å². The van der Waals surface area contributed by atoms with Crippen LogP contribution in [0.5, 0.6) is 0 Å². The number of carbonyl (C=O) groups excluding carboxylic acids is 1. The lowest BCUT2D eigenvalue weighted by molar-refractivity contribution is 0.118. The van der Waals surface area contributed by atoms with E-state index in [9.17, 15) is 4.79 Å². The molecule has 16 heavy (non-hydrogen) atoms. The van der Waals surface area contributed by atoms with Crippen molar-refractivity contribution in [2.24, 2.45) is 5.92 Å². The van der Waals surface area contributed by atoms with Crippen LogP contribution in [0.15, 0.2) is 0 Å². The van der Waals surface area contributed by atoms with E-state index in [1.165, 1.54) is 32.9 Å². The molecule has 2 atom stereocenters. The maximum atomic E-state index is 11.2. The van der Waals surface area contributed by atoms with Crippen LogP contribution in [-0.4, -0.2) is 43.3 Å². The average molecular weight is 226 g/mol. The number of alkyl carbamates (subject to hydrolysis) is 1. The van der Waals surface area contributed by atoms with E-state index in [-0.39, 0.29) is 12.1 Å². The lowest BCUT2D eigenvalue weighted by atomic mass is 9.92. The van der Waals surface area contributed by atoms with Gasteiger partial charge >= 0.3 is 6.09 Å². The van der Waals surface area contributed by atoms with Crippen LogP contribution in [0.1, 0.15) is 32.6 Å². The fourth-order valence-electron chi connectivity index (χ4n) is 2.60. The van der Waals surface area contributed by atoms with Crippen molar-refractivity contribution in [1.29, 1.82) is 0 Å². The Bertz CT molecular complexity index is 253. The lowest BCUT2D eigenvalue weighted by Crippen LogP contribution is -2.51. The van der Waals surface area contributed by atoms with E-state index in [4.69, 9.17) is 0 Å². The number of methoxy groups -OCH3 is 1. The third kappa shape index (κ3) is 2.88. The van der Waals surface area contributed by atoms with Gasteiger partial charge in [0.15, 0.2) is 0 Å². The molecule has 2 fully saturated rings. The summed E-state index contributed by atoms with van der Waals surface area (Å²) < 4.78 is 4.66. The number of hydrogen-bond donors (Lipinski definition) is 1. The van der Waals surface area contributed by atoms with Gasteiger partial charge in [0.2, 0.25) is 0 Å². The van der Waals surface area contributed by atoms with Gasteiger partial charge in [-0.15, -0.1) is 0 Å². The maximum absolute atomic E-state index is 11.2. The summed E-state index contributed by atoms with van der Waals surface area (Å²) in [6.07, 6.45) is 4.66. The molecular weight excluding hydrogens is 204 g/mol. The number of piperidine rings is 1. The van der Waals surface area contributed by atoms with Crippen molar-refractivity contribution in [3.63, 3.8) is 0 Å². The molecule has 1 heterocycles. The van der Waals surface area contributed by atoms with Crippen molar-refractivity contribution in [2.45, 2.75) is 44.7 Å². The van der Waals surface area contributed by atoms with E-state index in [1.54, 1.807) is 0 Å². The Labute approximate surface area is 97.3 Å². The minimum absolute atomic E-state index is 0.270. The zero-order valence-electron chi connectivity index (χ0n) is 10.2. The van der Waals surface area contributed by atoms with Crippen molar-refractivity contribution >= 4 is 6.09 Å². The molecule has 1 aliphatic carbocycles. The quantitative estimate of drug-likeness (QED) is 0.795. The topological polar surface area (TPSA) is 41.6 Å². The molecule has 0 bridgehead atoms. The van der Waals surface area contributed by atoms with E-state index in [1.807, 2.05) is 0 Å². The van der Waals surface area contributed by atoms with E-state index in [0.717, 1.165) is 24.9 Å². The van der Waals surface area contributed by atoms with Crippen LogP contribution < -0.4 is 5.32 Å². The molecule has 4 heteroatoms. The van der Waals surface area contributed by atoms with Gasteiger partial charge in [0.1, 0.15) is 0 Å². The second-order valence-electron chi connectivity index (χ2n) is 5.03. The number of hydrogen-bond acceptors (Lipinski definition) is 3. The number of amides is 1. The Balaban J connectivity index is 1.88. The summed E-state index contributed by atoms with van der Waals surface area (Å²) >= 11 is 0. The molecule has 2 aliphatic rings. The average Bonchev–Trinajstić information content (AvgIpc) is 3.12. The summed E-state index contributed by atoms with van der Waals surface area (Å²) in [7, 11) is 1.42. The summed E-state index contributed by atoms with van der Waals surface area (Å²) in [4.78, 5) is 13.8. The molecule has 2 rings (SSSR count). The van der Waals surface area contributed by atoms with Gasteiger partial charge in [-0.25, -0.2) is 4.79 Å². The maximum Gasteiger partial charge on any atom is 0.407 e. The van der Waals surface area contributed by atoms with Crippen LogP contribution in [0.3, 0.4) is 0 Å². The monoisotopic (exact) mass is 226 g/mol. The van der Waals surface area contributed by atoms with Crippen molar-refractivity contribution in [3.05, 3.63) is 0 Å². The van der Waals surface area contributed by atoms with Crippen LogP contribution in [0.2, 0.25) is 0 Å². The standard InChI is InChI=1S/C12H22N2O2/c1-3-9-6-10(13-12(15)16-2)8-14(7-9)11-4-5-11/h9-11H,3-8H2,1-2H3,(H,13,15). The third-order valence-electron chi connectivity index (χ3n) is 3.71. The smallest absolute Gasteiger partial charge is 0.407 e. The Morgan fingerprint density at radius 3 is 2.75 bits per heavy atom. The van der Waals surface area contributed by atoms with Gasteiger partial charge in [-0.3, -0.25) is 4.90 Å². The zero-order valence-corrected chi connectivity index (χ0v) is 10.2. The number of carbonyl (C=O) groups is 1. The van der Waals surface area contributed by atoms with Gasteiger partial charge < -0.3 is 10.1 Å². The van der Waals surface area contributed by atoms with E-state index >= 15 is 0 Å². The summed E-state index contributed by atoms with van der Waals surface area (Å²) in [5.41, 5.74) is 0. The predicted octanol–water partition coefficient (Wildman–Crippen LogP) is 1.61. The van der Waals surface area contributed by atoms with Crippen LogP contribution in [0, 0.1) is 5.92 Å². The molecule has 2 unspecified atom stereocenters. The van der Waals surface area contributed by atoms with Crippen LogP contribution in [0.25, 0.3) is 0 Å². The molecule has 1 aliphatic heterocycles. The molecule has 1 saturated heterocycles. The molecule has 0 aromatic rings. The zero-order chi connectivity index (χ0) is 11.5. The molecular formula is C12H22N2O2. The molecule has 0 aromatic heterocycles. The number of nitrogens with one attached hydrogen (secondary N) is 1. The molecule has 1 N–H and O–H groups in total. The summed E-state index contributed by atoms with van der Waals surface area (Å²) in [6.45, 7) is 4.44. The number of ether oxygens (including phenoxy) is 1. The van der Waals surface area contributed by atoms with Crippen molar-refractivity contribution in [3.8, 4) is 0 Å². The van der Waals surface area contributed by atoms with Crippen molar-refractivity contribution < 1.29 is 9.53 Å². The first-order valence-corrected chi connectivity index (χ1v) is 6.31. The second-order valence-corrected chi connectivity index (χ2v) is 5.03. The van der Waals surface area contributed by atoms with E-state index in [0.29, 0.717) is 0 Å². The highest BCUT2D eigenvalue weighted by molar-refractivity contribution is 5.67. The first kappa shape index (κ1) is 11.7. The Morgan fingerprint density at radius 2 is 2.19 bits per heavy atom. The van der Waals surface area contributed by atoms with Gasteiger partial charge in [0.25, 0.3) is 0 Å². The first-order chi connectivity index (χ1) is 7.72. The highest BCUT2D eigenvalue weighted by atomic mass is 16.5. The normalized spacial score (nSPS) is 31.1. The Hall–Kier alpha value is -0.770. The lowest BCUT2D eigenvalue weighted by Gasteiger charge is -2.37. The van der Waals surface area contributed by atoms with E-state index < -0.39 is 0 Å².